The van der Waals surface area contributed by atoms with Crippen LogP contribution in [0.4, 0.5) is 5.69 Å². The molecule has 0 spiro atoms. The Labute approximate surface area is 194 Å². The molecular weight excluding hydrogens is 432 g/mol. The average Bonchev–Trinajstić information content (AvgIpc) is 3.21. The molecule has 0 bridgehead atoms. The van der Waals surface area contributed by atoms with Crippen LogP contribution in [-0.2, 0) is 11.2 Å². The van der Waals surface area contributed by atoms with Gasteiger partial charge in [-0.15, -0.1) is 0 Å². The van der Waals surface area contributed by atoms with Gasteiger partial charge >= 0.3 is 0 Å². The van der Waals surface area contributed by atoms with Crippen molar-refractivity contribution in [2.24, 2.45) is 0 Å². The molecule has 0 unspecified atom stereocenters. The predicted octanol–water partition coefficient (Wildman–Crippen LogP) is 5.41. The van der Waals surface area contributed by atoms with E-state index in [9.17, 15) is 9.59 Å². The highest BCUT2D eigenvalue weighted by molar-refractivity contribution is 5.95. The second-order valence-corrected chi connectivity index (χ2v) is 8.22. The molecule has 0 aliphatic rings. The molecular formula is C27H22N2O5. The second-order valence-electron chi connectivity index (χ2n) is 8.22. The van der Waals surface area contributed by atoms with Gasteiger partial charge in [0.05, 0.1) is 18.9 Å². The summed E-state index contributed by atoms with van der Waals surface area (Å²) in [6.45, 7) is 3.97. The van der Waals surface area contributed by atoms with Gasteiger partial charge in [-0.1, -0.05) is 11.2 Å². The van der Waals surface area contributed by atoms with Crippen LogP contribution >= 0.6 is 0 Å². The Morgan fingerprint density at radius 1 is 1.00 bits per heavy atom. The summed E-state index contributed by atoms with van der Waals surface area (Å²) >= 11 is 0. The maximum Gasteiger partial charge on any atom is 0.230 e. The summed E-state index contributed by atoms with van der Waals surface area (Å²) < 4.78 is 16.5. The third kappa shape index (κ3) is 4.03. The van der Waals surface area contributed by atoms with Gasteiger partial charge in [-0.2, -0.15) is 0 Å². The Hall–Kier alpha value is -4.39. The number of hydrogen-bond acceptors (Lipinski definition) is 6. The number of aromatic nitrogens is 1. The van der Waals surface area contributed by atoms with Crippen molar-refractivity contribution in [3.63, 3.8) is 0 Å². The Morgan fingerprint density at radius 2 is 1.79 bits per heavy atom. The molecule has 1 amide bonds. The van der Waals surface area contributed by atoms with Crippen LogP contribution in [0.5, 0.6) is 5.75 Å². The number of hydrogen-bond donors (Lipinski definition) is 1. The highest BCUT2D eigenvalue weighted by Crippen LogP contribution is 2.27. The first-order valence-electron chi connectivity index (χ1n) is 10.8. The Kier molecular flexibility index (Phi) is 5.37. The van der Waals surface area contributed by atoms with E-state index in [0.29, 0.717) is 39.4 Å². The Balaban J connectivity index is 1.34. The van der Waals surface area contributed by atoms with Crippen molar-refractivity contribution in [1.82, 2.24) is 5.16 Å². The predicted molar refractivity (Wildman–Crippen MR) is 130 cm³/mol. The smallest absolute Gasteiger partial charge is 0.230 e. The lowest BCUT2D eigenvalue weighted by Crippen LogP contribution is -2.14. The molecule has 0 radical (unpaired) electrons. The Bertz CT molecular complexity index is 1600. The summed E-state index contributed by atoms with van der Waals surface area (Å²) in [7, 11) is 1.55. The van der Waals surface area contributed by atoms with Crippen LogP contribution in [0.3, 0.4) is 0 Å². The molecule has 7 nitrogen and oxygen atoms in total. The van der Waals surface area contributed by atoms with E-state index in [0.717, 1.165) is 22.1 Å². The normalized spacial score (nSPS) is 11.1. The first kappa shape index (κ1) is 21.5. The van der Waals surface area contributed by atoms with Crippen molar-refractivity contribution in [2.75, 3.05) is 12.4 Å². The van der Waals surface area contributed by atoms with E-state index >= 15 is 0 Å². The summed E-state index contributed by atoms with van der Waals surface area (Å²) in [5.41, 5.74) is 5.07. The topological polar surface area (TPSA) is 94.6 Å². The van der Waals surface area contributed by atoms with Crippen molar-refractivity contribution in [2.45, 2.75) is 20.3 Å². The van der Waals surface area contributed by atoms with Gasteiger partial charge < -0.3 is 19.0 Å². The largest absolute Gasteiger partial charge is 0.497 e. The summed E-state index contributed by atoms with van der Waals surface area (Å²) in [6, 6.07) is 17.6. The molecule has 5 rings (SSSR count). The molecule has 0 aliphatic heterocycles. The van der Waals surface area contributed by atoms with Gasteiger partial charge in [0, 0.05) is 22.7 Å². The molecule has 3 aromatic carbocycles. The molecule has 170 valence electrons. The molecule has 34 heavy (non-hydrogen) atoms. The number of benzene rings is 3. The minimum Gasteiger partial charge on any atom is -0.497 e. The van der Waals surface area contributed by atoms with Gasteiger partial charge in [-0.25, -0.2) is 0 Å². The number of nitrogens with one attached hydrogen (secondary N) is 1. The molecule has 0 saturated heterocycles. The van der Waals surface area contributed by atoms with E-state index < -0.39 is 0 Å². The second kappa shape index (κ2) is 8.51. The molecule has 2 aromatic heterocycles. The van der Waals surface area contributed by atoms with Gasteiger partial charge in [0.1, 0.15) is 22.8 Å². The summed E-state index contributed by atoms with van der Waals surface area (Å²) in [4.78, 5) is 25.2. The van der Waals surface area contributed by atoms with Crippen LogP contribution in [0.1, 0.15) is 16.8 Å². The van der Waals surface area contributed by atoms with E-state index in [4.69, 9.17) is 13.7 Å². The van der Waals surface area contributed by atoms with E-state index in [1.165, 1.54) is 6.07 Å². The number of nitrogens with zero attached hydrogens (tertiary/aromatic N) is 1. The molecule has 0 aliphatic carbocycles. The van der Waals surface area contributed by atoms with E-state index in [1.54, 1.807) is 49.6 Å². The molecule has 0 atom stereocenters. The number of ether oxygens (including phenoxy) is 1. The quantitative estimate of drug-likeness (QED) is 0.382. The number of methoxy groups -OCH3 is 1. The minimum atomic E-state index is -0.200. The number of carbonyl (C=O) groups is 1. The van der Waals surface area contributed by atoms with Crippen LogP contribution < -0.4 is 15.5 Å². The average molecular weight is 454 g/mol. The zero-order chi connectivity index (χ0) is 23.8. The van der Waals surface area contributed by atoms with Crippen molar-refractivity contribution < 1.29 is 18.5 Å². The van der Waals surface area contributed by atoms with Crippen LogP contribution in [0.25, 0.3) is 33.3 Å². The molecule has 7 heteroatoms. The van der Waals surface area contributed by atoms with Crippen molar-refractivity contribution in [1.29, 1.82) is 0 Å². The van der Waals surface area contributed by atoms with Crippen LogP contribution in [0.15, 0.2) is 74.4 Å². The van der Waals surface area contributed by atoms with Gasteiger partial charge in [-0.05, 0) is 73.5 Å². The number of aryl methyl sites for hydroxylation is 2. The van der Waals surface area contributed by atoms with Crippen molar-refractivity contribution in [3.8, 4) is 17.1 Å². The molecule has 5 aromatic rings. The fraction of sp³-hybridized carbons (Fsp3) is 0.148. The number of amides is 1. The lowest BCUT2D eigenvalue weighted by molar-refractivity contribution is -0.115. The SMILES string of the molecule is COc1ccc2oc(-c3ccc(NC(=O)Cc4noc5cc(C)cc(C)c45)cc3)cc(=O)c2c1. The summed E-state index contributed by atoms with van der Waals surface area (Å²) in [5, 5.41) is 8.30. The highest BCUT2D eigenvalue weighted by Gasteiger charge is 2.15. The molecule has 0 saturated carbocycles. The van der Waals surface area contributed by atoms with E-state index in [-0.39, 0.29) is 17.8 Å². The highest BCUT2D eigenvalue weighted by atomic mass is 16.5. The Morgan fingerprint density at radius 3 is 2.56 bits per heavy atom. The van der Waals surface area contributed by atoms with Gasteiger partial charge in [0.2, 0.25) is 5.91 Å². The standard InChI is InChI=1S/C27H22N2O5/c1-15-10-16(2)27-21(29-34-25(27)11-15)13-26(31)28-18-6-4-17(5-7-18)24-14-22(30)20-12-19(32-3)8-9-23(20)33-24/h4-12,14H,13H2,1-3H3,(H,28,31). The fourth-order valence-corrected chi connectivity index (χ4v) is 4.12. The maximum absolute atomic E-state index is 12.6. The van der Waals surface area contributed by atoms with Crippen molar-refractivity contribution in [3.05, 3.63) is 87.7 Å². The summed E-state index contributed by atoms with van der Waals surface area (Å²) in [5.74, 6) is 0.839. The minimum absolute atomic E-state index is 0.0989. The third-order valence-corrected chi connectivity index (χ3v) is 5.70. The molecule has 1 N–H and O–H groups in total. The van der Waals surface area contributed by atoms with Gasteiger partial charge in [0.25, 0.3) is 0 Å². The van der Waals surface area contributed by atoms with Gasteiger partial charge in [0.15, 0.2) is 11.0 Å². The first-order valence-corrected chi connectivity index (χ1v) is 10.8. The third-order valence-electron chi connectivity index (χ3n) is 5.70. The fourth-order valence-electron chi connectivity index (χ4n) is 4.12. The number of rotatable bonds is 5. The van der Waals surface area contributed by atoms with Crippen molar-refractivity contribution >= 4 is 33.5 Å². The van der Waals surface area contributed by atoms with Crippen LogP contribution in [0.2, 0.25) is 0 Å². The monoisotopic (exact) mass is 454 g/mol. The van der Waals surface area contributed by atoms with Crippen LogP contribution in [0, 0.1) is 13.8 Å². The van der Waals surface area contributed by atoms with Gasteiger partial charge in [-0.3, -0.25) is 9.59 Å². The van der Waals surface area contributed by atoms with E-state index in [1.807, 2.05) is 26.0 Å². The molecule has 2 heterocycles. The lowest BCUT2D eigenvalue weighted by atomic mass is 10.0. The lowest BCUT2D eigenvalue weighted by Gasteiger charge is -2.07. The number of carbonyl (C=O) groups excluding carboxylic acids is 1. The maximum atomic E-state index is 12.6. The number of anilines is 1. The number of fused-ring (bicyclic) bond motifs is 2. The molecule has 0 fully saturated rings. The zero-order valence-electron chi connectivity index (χ0n) is 19.0. The van der Waals surface area contributed by atoms with Crippen LogP contribution in [-0.4, -0.2) is 18.2 Å². The first-order chi connectivity index (χ1) is 16.4. The van der Waals surface area contributed by atoms with E-state index in [2.05, 4.69) is 10.5 Å². The zero-order valence-corrected chi connectivity index (χ0v) is 19.0. The summed E-state index contributed by atoms with van der Waals surface area (Å²) in [6.07, 6.45) is 0.0989.